The molecule has 1 aliphatic rings. The fourth-order valence-corrected chi connectivity index (χ4v) is 1.48. The molecule has 1 fully saturated rings. The predicted octanol–water partition coefficient (Wildman–Crippen LogP) is 1.86. The molecule has 3 heteroatoms. The Kier molecular flexibility index (Phi) is 5.45. The van der Waals surface area contributed by atoms with E-state index in [9.17, 15) is 0 Å². The Morgan fingerprint density at radius 3 is 2.36 bits per heavy atom. The summed E-state index contributed by atoms with van der Waals surface area (Å²) in [5.41, 5.74) is 0.325. The highest BCUT2D eigenvalue weighted by Crippen LogP contribution is 2.31. The summed E-state index contributed by atoms with van der Waals surface area (Å²) < 4.78 is 16.1. The van der Waals surface area contributed by atoms with Crippen molar-refractivity contribution in [2.45, 2.75) is 26.7 Å². The van der Waals surface area contributed by atoms with Gasteiger partial charge >= 0.3 is 0 Å². The Morgan fingerprint density at radius 1 is 1.14 bits per heavy atom. The number of hydrogen-bond donors (Lipinski definition) is 0. The lowest BCUT2D eigenvalue weighted by molar-refractivity contribution is -0.150. The predicted molar refractivity (Wildman–Crippen MR) is 55.5 cm³/mol. The molecule has 1 rings (SSSR count). The second kappa shape index (κ2) is 6.38. The zero-order valence-electron chi connectivity index (χ0n) is 9.38. The summed E-state index contributed by atoms with van der Waals surface area (Å²) in [5.74, 6) is 0. The van der Waals surface area contributed by atoms with Crippen molar-refractivity contribution in [2.75, 3.05) is 39.6 Å². The lowest BCUT2D eigenvalue weighted by Gasteiger charge is -2.40. The van der Waals surface area contributed by atoms with Gasteiger partial charge < -0.3 is 14.2 Å². The highest BCUT2D eigenvalue weighted by Gasteiger charge is 2.36. The second-order valence-electron chi connectivity index (χ2n) is 3.95. The van der Waals surface area contributed by atoms with E-state index in [4.69, 9.17) is 14.2 Å². The van der Waals surface area contributed by atoms with Crippen LogP contribution in [0, 0.1) is 5.41 Å². The van der Waals surface area contributed by atoms with Gasteiger partial charge in [-0.15, -0.1) is 0 Å². The first-order chi connectivity index (χ1) is 6.83. The van der Waals surface area contributed by atoms with Crippen molar-refractivity contribution in [3.63, 3.8) is 0 Å². The fraction of sp³-hybridized carbons (Fsp3) is 1.00. The smallest absolute Gasteiger partial charge is 0.0566 e. The molecule has 0 unspecified atom stereocenters. The molecule has 14 heavy (non-hydrogen) atoms. The summed E-state index contributed by atoms with van der Waals surface area (Å²) in [6.45, 7) is 9.21. The van der Waals surface area contributed by atoms with Crippen LogP contribution in [0.1, 0.15) is 26.7 Å². The van der Waals surface area contributed by atoms with Crippen LogP contribution in [-0.4, -0.2) is 39.6 Å². The van der Waals surface area contributed by atoms with Crippen molar-refractivity contribution in [1.29, 1.82) is 0 Å². The second-order valence-corrected chi connectivity index (χ2v) is 3.95. The van der Waals surface area contributed by atoms with Crippen LogP contribution in [0.3, 0.4) is 0 Å². The lowest BCUT2D eigenvalue weighted by Crippen LogP contribution is -2.45. The maximum atomic E-state index is 5.62. The molecule has 0 saturated carbocycles. The highest BCUT2D eigenvalue weighted by atomic mass is 16.5. The third-order valence-electron chi connectivity index (χ3n) is 2.76. The van der Waals surface area contributed by atoms with E-state index in [1.54, 1.807) is 0 Å². The van der Waals surface area contributed by atoms with E-state index in [-0.39, 0.29) is 0 Å². The molecule has 0 aromatic heterocycles. The van der Waals surface area contributed by atoms with E-state index in [0.29, 0.717) is 5.41 Å². The van der Waals surface area contributed by atoms with Crippen LogP contribution in [0.2, 0.25) is 0 Å². The minimum absolute atomic E-state index is 0.325. The summed E-state index contributed by atoms with van der Waals surface area (Å²) in [5, 5.41) is 0. The van der Waals surface area contributed by atoms with E-state index < -0.39 is 0 Å². The maximum Gasteiger partial charge on any atom is 0.0566 e. The topological polar surface area (TPSA) is 27.7 Å². The quantitative estimate of drug-likeness (QED) is 0.562. The van der Waals surface area contributed by atoms with Crippen LogP contribution >= 0.6 is 0 Å². The molecule has 0 N–H and O–H groups in total. The average Bonchev–Trinajstić information content (AvgIpc) is 2.15. The first-order valence-corrected chi connectivity index (χ1v) is 5.56. The van der Waals surface area contributed by atoms with Gasteiger partial charge in [-0.1, -0.05) is 6.92 Å². The fourth-order valence-electron chi connectivity index (χ4n) is 1.48. The van der Waals surface area contributed by atoms with Gasteiger partial charge in [0.2, 0.25) is 0 Å². The first kappa shape index (κ1) is 12.0. The van der Waals surface area contributed by atoms with Crippen LogP contribution in [0.25, 0.3) is 0 Å². The Balaban J connectivity index is 1.92. The molecule has 0 amide bonds. The molecule has 1 aliphatic heterocycles. The SMILES string of the molecule is CCOCCCOCC1(CC)COC1. The van der Waals surface area contributed by atoms with Crippen LogP contribution in [0.4, 0.5) is 0 Å². The van der Waals surface area contributed by atoms with Gasteiger partial charge in [0.05, 0.1) is 19.8 Å². The molecule has 0 aromatic rings. The summed E-state index contributed by atoms with van der Waals surface area (Å²) >= 11 is 0. The van der Waals surface area contributed by atoms with Gasteiger partial charge in [0, 0.05) is 25.2 Å². The van der Waals surface area contributed by atoms with E-state index >= 15 is 0 Å². The molecule has 84 valence electrons. The Labute approximate surface area is 86.7 Å². The number of ether oxygens (including phenoxy) is 3. The molecule has 1 heterocycles. The van der Waals surface area contributed by atoms with Crippen molar-refractivity contribution in [3.05, 3.63) is 0 Å². The molecule has 0 bridgehead atoms. The third-order valence-corrected chi connectivity index (χ3v) is 2.76. The van der Waals surface area contributed by atoms with Crippen molar-refractivity contribution in [3.8, 4) is 0 Å². The monoisotopic (exact) mass is 202 g/mol. The molecular formula is C11H22O3. The minimum atomic E-state index is 0.325. The third kappa shape index (κ3) is 3.56. The zero-order chi connectivity index (χ0) is 10.3. The van der Waals surface area contributed by atoms with E-state index in [1.807, 2.05) is 6.92 Å². The minimum Gasteiger partial charge on any atom is -0.382 e. The summed E-state index contributed by atoms with van der Waals surface area (Å²) in [6, 6.07) is 0. The van der Waals surface area contributed by atoms with Gasteiger partial charge in [-0.3, -0.25) is 0 Å². The Morgan fingerprint density at radius 2 is 1.86 bits per heavy atom. The molecular weight excluding hydrogens is 180 g/mol. The van der Waals surface area contributed by atoms with Crippen LogP contribution in [0.5, 0.6) is 0 Å². The van der Waals surface area contributed by atoms with Gasteiger partial charge in [0.25, 0.3) is 0 Å². The van der Waals surface area contributed by atoms with Crippen LogP contribution < -0.4 is 0 Å². The van der Waals surface area contributed by atoms with E-state index in [0.717, 1.165) is 52.5 Å². The Bertz CT molecular complexity index is 138. The standard InChI is InChI=1S/C11H22O3/c1-3-11(9-14-10-11)8-13-7-5-6-12-4-2/h3-10H2,1-2H3. The van der Waals surface area contributed by atoms with Gasteiger partial charge in [-0.25, -0.2) is 0 Å². The van der Waals surface area contributed by atoms with Crippen molar-refractivity contribution in [2.24, 2.45) is 5.41 Å². The molecule has 0 atom stereocenters. The van der Waals surface area contributed by atoms with Gasteiger partial charge in [0.1, 0.15) is 0 Å². The number of hydrogen-bond acceptors (Lipinski definition) is 3. The Hall–Kier alpha value is -0.120. The lowest BCUT2D eigenvalue weighted by atomic mass is 9.84. The molecule has 3 nitrogen and oxygen atoms in total. The van der Waals surface area contributed by atoms with E-state index in [2.05, 4.69) is 6.92 Å². The summed E-state index contributed by atoms with van der Waals surface area (Å²) in [7, 11) is 0. The molecule has 0 spiro atoms. The van der Waals surface area contributed by atoms with Crippen LogP contribution in [0.15, 0.2) is 0 Å². The van der Waals surface area contributed by atoms with Crippen LogP contribution in [-0.2, 0) is 14.2 Å². The normalized spacial score (nSPS) is 19.3. The summed E-state index contributed by atoms with van der Waals surface area (Å²) in [4.78, 5) is 0. The molecule has 0 aromatic carbocycles. The van der Waals surface area contributed by atoms with Crippen molar-refractivity contribution >= 4 is 0 Å². The highest BCUT2D eigenvalue weighted by molar-refractivity contribution is 4.83. The van der Waals surface area contributed by atoms with Gasteiger partial charge in [0.15, 0.2) is 0 Å². The maximum absolute atomic E-state index is 5.62. The number of rotatable bonds is 8. The average molecular weight is 202 g/mol. The van der Waals surface area contributed by atoms with Gasteiger partial charge in [-0.05, 0) is 19.8 Å². The van der Waals surface area contributed by atoms with Gasteiger partial charge in [-0.2, -0.15) is 0 Å². The first-order valence-electron chi connectivity index (χ1n) is 5.56. The molecule has 0 radical (unpaired) electrons. The van der Waals surface area contributed by atoms with Crippen molar-refractivity contribution in [1.82, 2.24) is 0 Å². The van der Waals surface area contributed by atoms with Crippen molar-refractivity contribution < 1.29 is 14.2 Å². The van der Waals surface area contributed by atoms with E-state index in [1.165, 1.54) is 0 Å². The molecule has 0 aliphatic carbocycles. The summed E-state index contributed by atoms with van der Waals surface area (Å²) in [6.07, 6.45) is 2.15. The largest absolute Gasteiger partial charge is 0.382 e. The zero-order valence-corrected chi connectivity index (χ0v) is 9.38. The molecule has 1 saturated heterocycles.